The largest absolute Gasteiger partial charge is 0.485 e. The van der Waals surface area contributed by atoms with Gasteiger partial charge in [-0.1, -0.05) is 29.3 Å². The summed E-state index contributed by atoms with van der Waals surface area (Å²) in [5, 5.41) is 3.81. The number of rotatable bonds is 4. The molecule has 1 fully saturated rings. The van der Waals surface area contributed by atoms with Gasteiger partial charge in [0.1, 0.15) is 13.2 Å². The summed E-state index contributed by atoms with van der Waals surface area (Å²) in [4.78, 5) is 12.4. The van der Waals surface area contributed by atoms with Crippen LogP contribution in [0.25, 0.3) is 0 Å². The number of halogens is 2. The van der Waals surface area contributed by atoms with Crippen molar-refractivity contribution < 1.29 is 14.4 Å². The molecule has 0 bridgehead atoms. The van der Waals surface area contributed by atoms with Gasteiger partial charge in [-0.25, -0.2) is 0 Å². The molecule has 2 rings (SSSR count). The van der Waals surface area contributed by atoms with Gasteiger partial charge in [0.25, 0.3) is 5.91 Å². The van der Waals surface area contributed by atoms with Crippen molar-refractivity contribution in [1.29, 1.82) is 0 Å². The zero-order valence-electron chi connectivity index (χ0n) is 9.84. The first-order valence-corrected chi connectivity index (χ1v) is 6.59. The van der Waals surface area contributed by atoms with Crippen LogP contribution in [0, 0.1) is 0 Å². The third-order valence-corrected chi connectivity index (χ3v) is 3.43. The summed E-state index contributed by atoms with van der Waals surface area (Å²) in [7, 11) is 0. The minimum Gasteiger partial charge on any atom is -0.485 e. The number of piperazine rings is 1. The van der Waals surface area contributed by atoms with Crippen molar-refractivity contribution in [2.24, 2.45) is 0 Å². The molecule has 0 aliphatic carbocycles. The zero-order valence-corrected chi connectivity index (χ0v) is 11.4. The second-order valence-corrected chi connectivity index (χ2v) is 4.99. The monoisotopic (exact) mass is 289 g/mol. The van der Waals surface area contributed by atoms with Gasteiger partial charge in [0.05, 0.1) is 23.1 Å². The maximum Gasteiger partial charge on any atom is 0.275 e. The highest BCUT2D eigenvalue weighted by Crippen LogP contribution is 2.31. The van der Waals surface area contributed by atoms with Crippen LogP contribution in [0.15, 0.2) is 18.2 Å². The molecule has 1 aromatic rings. The Hall–Kier alpha value is -0.970. The van der Waals surface area contributed by atoms with Gasteiger partial charge in [-0.15, -0.1) is 0 Å². The summed E-state index contributed by atoms with van der Waals surface area (Å²) in [6.07, 6.45) is 0. The third kappa shape index (κ3) is 3.51. The average molecular weight is 290 g/mol. The van der Waals surface area contributed by atoms with Gasteiger partial charge in [0, 0.05) is 0 Å². The Bertz CT molecular complexity index is 420. The Morgan fingerprint density at radius 2 is 2.06 bits per heavy atom. The van der Waals surface area contributed by atoms with E-state index in [1.54, 1.807) is 18.2 Å². The number of quaternary nitrogens is 1. The number of hydrogen-bond acceptors (Lipinski definition) is 2. The summed E-state index contributed by atoms with van der Waals surface area (Å²) in [6.45, 7) is 3.40. The molecule has 4 nitrogen and oxygen atoms in total. The van der Waals surface area contributed by atoms with Crippen molar-refractivity contribution >= 4 is 29.1 Å². The molecule has 1 aliphatic rings. The van der Waals surface area contributed by atoms with Gasteiger partial charge >= 0.3 is 0 Å². The summed E-state index contributed by atoms with van der Waals surface area (Å²) in [5.41, 5.74) is 0. The van der Waals surface area contributed by atoms with Crippen LogP contribution < -0.4 is 15.0 Å². The molecule has 98 valence electrons. The van der Waals surface area contributed by atoms with E-state index in [1.807, 2.05) is 0 Å². The first-order chi connectivity index (χ1) is 8.66. The molecule has 18 heavy (non-hydrogen) atoms. The van der Waals surface area contributed by atoms with E-state index < -0.39 is 0 Å². The molecule has 0 spiro atoms. The number of carbonyl (C=O) groups excluding carboxylic acids is 1. The van der Waals surface area contributed by atoms with E-state index in [9.17, 15) is 4.79 Å². The Balaban J connectivity index is 1.83. The van der Waals surface area contributed by atoms with Crippen LogP contribution in [0.4, 0.5) is 0 Å². The van der Waals surface area contributed by atoms with Crippen LogP contribution in [0.1, 0.15) is 0 Å². The fourth-order valence-electron chi connectivity index (χ4n) is 1.89. The minimum atomic E-state index is 0.0898. The van der Waals surface area contributed by atoms with E-state index in [-0.39, 0.29) is 5.91 Å². The Kier molecular flexibility index (Phi) is 4.69. The Labute approximate surface area is 116 Å². The summed E-state index contributed by atoms with van der Waals surface area (Å²) >= 11 is 12.0. The highest BCUT2D eigenvalue weighted by molar-refractivity contribution is 6.37. The number of ether oxygens (including phenoxy) is 1. The zero-order chi connectivity index (χ0) is 13.0. The van der Waals surface area contributed by atoms with Gasteiger partial charge in [-0.05, 0) is 12.1 Å². The van der Waals surface area contributed by atoms with Gasteiger partial charge in [0.2, 0.25) is 0 Å². The van der Waals surface area contributed by atoms with Gasteiger partial charge < -0.3 is 15.0 Å². The first-order valence-electron chi connectivity index (χ1n) is 5.84. The van der Waals surface area contributed by atoms with Crippen LogP contribution >= 0.6 is 23.2 Å². The lowest BCUT2D eigenvalue weighted by Crippen LogP contribution is -3.15. The SMILES string of the molecule is O=C1C[NH+](CCOc2c(Cl)cccc2Cl)CCN1. The topological polar surface area (TPSA) is 42.8 Å². The summed E-state index contributed by atoms with van der Waals surface area (Å²) < 4.78 is 5.59. The van der Waals surface area contributed by atoms with E-state index in [1.165, 1.54) is 4.90 Å². The standard InChI is InChI=1S/C12H14Cl2N2O2/c13-9-2-1-3-10(14)12(9)18-7-6-16-5-4-15-11(17)8-16/h1-3H,4-8H2,(H,15,17)/p+1. The fourth-order valence-corrected chi connectivity index (χ4v) is 2.39. The van der Waals surface area contributed by atoms with Gasteiger partial charge in [-0.2, -0.15) is 0 Å². The molecule has 6 heteroatoms. The number of amides is 1. The molecular formula is C12H15Cl2N2O2+. The van der Waals surface area contributed by atoms with Crippen molar-refractivity contribution in [1.82, 2.24) is 5.32 Å². The number of carbonyl (C=O) groups is 1. The smallest absolute Gasteiger partial charge is 0.275 e. The van der Waals surface area contributed by atoms with Crippen molar-refractivity contribution in [3.05, 3.63) is 28.2 Å². The highest BCUT2D eigenvalue weighted by Gasteiger charge is 2.19. The normalized spacial score (nSPS) is 19.4. The fraction of sp³-hybridized carbons (Fsp3) is 0.417. The molecule has 1 aliphatic heterocycles. The molecule has 1 saturated heterocycles. The number of para-hydroxylation sites is 1. The second-order valence-electron chi connectivity index (χ2n) is 4.18. The predicted molar refractivity (Wildman–Crippen MR) is 70.5 cm³/mol. The lowest BCUT2D eigenvalue weighted by atomic mass is 10.3. The Morgan fingerprint density at radius 3 is 2.72 bits per heavy atom. The molecule has 1 atom stereocenters. The molecule has 0 radical (unpaired) electrons. The summed E-state index contributed by atoms with van der Waals surface area (Å²) in [5.74, 6) is 0.605. The number of benzene rings is 1. The van der Waals surface area contributed by atoms with Crippen LogP contribution in [-0.2, 0) is 4.79 Å². The maximum absolute atomic E-state index is 11.2. The molecule has 1 aromatic carbocycles. The van der Waals surface area contributed by atoms with E-state index in [0.717, 1.165) is 19.6 Å². The lowest BCUT2D eigenvalue weighted by Gasteiger charge is -2.23. The van der Waals surface area contributed by atoms with Crippen molar-refractivity contribution in [3.63, 3.8) is 0 Å². The molecule has 0 saturated carbocycles. The van der Waals surface area contributed by atoms with E-state index in [2.05, 4.69) is 5.32 Å². The first kappa shape index (κ1) is 13.5. The van der Waals surface area contributed by atoms with Crippen LogP contribution in [-0.4, -0.2) is 38.7 Å². The van der Waals surface area contributed by atoms with Gasteiger partial charge in [-0.3, -0.25) is 4.79 Å². The molecule has 2 N–H and O–H groups in total. The van der Waals surface area contributed by atoms with Crippen LogP contribution in [0.5, 0.6) is 5.75 Å². The lowest BCUT2D eigenvalue weighted by molar-refractivity contribution is -0.893. The quantitative estimate of drug-likeness (QED) is 0.842. The van der Waals surface area contributed by atoms with Crippen molar-refractivity contribution in [2.45, 2.75) is 0 Å². The third-order valence-electron chi connectivity index (χ3n) is 2.83. The van der Waals surface area contributed by atoms with Crippen molar-refractivity contribution in [3.8, 4) is 5.75 Å². The van der Waals surface area contributed by atoms with E-state index in [0.29, 0.717) is 28.9 Å². The molecule has 1 unspecified atom stereocenters. The van der Waals surface area contributed by atoms with Gasteiger partial charge in [0.15, 0.2) is 12.3 Å². The molecule has 0 aromatic heterocycles. The number of nitrogens with one attached hydrogen (secondary N) is 2. The second kappa shape index (κ2) is 6.27. The predicted octanol–water partition coefficient (Wildman–Crippen LogP) is 0.387. The average Bonchev–Trinajstić information content (AvgIpc) is 2.33. The molecular weight excluding hydrogens is 275 g/mol. The van der Waals surface area contributed by atoms with E-state index in [4.69, 9.17) is 27.9 Å². The molecule has 1 heterocycles. The maximum atomic E-state index is 11.2. The molecule has 1 amide bonds. The highest BCUT2D eigenvalue weighted by atomic mass is 35.5. The number of hydrogen-bond donors (Lipinski definition) is 2. The minimum absolute atomic E-state index is 0.0898. The Morgan fingerprint density at radius 1 is 1.33 bits per heavy atom. The van der Waals surface area contributed by atoms with Crippen LogP contribution in [0.3, 0.4) is 0 Å². The summed E-state index contributed by atoms with van der Waals surface area (Å²) in [6, 6.07) is 5.26. The van der Waals surface area contributed by atoms with Crippen molar-refractivity contribution in [2.75, 3.05) is 32.8 Å². The van der Waals surface area contributed by atoms with E-state index >= 15 is 0 Å². The van der Waals surface area contributed by atoms with Crippen LogP contribution in [0.2, 0.25) is 10.0 Å².